The number of hydrogen-bond donors (Lipinski definition) is 0. The summed E-state index contributed by atoms with van der Waals surface area (Å²) in [5.74, 6) is 2.32. The number of aryl methyl sites for hydroxylation is 1. The maximum atomic E-state index is 11.4. The lowest BCUT2D eigenvalue weighted by Gasteiger charge is -2.06. The number of para-hydroxylation sites is 1. The maximum absolute atomic E-state index is 11.4. The molecule has 1 atom stereocenters. The van der Waals surface area contributed by atoms with Crippen LogP contribution in [-0.2, 0) is 6.42 Å². The molecular formula is C15H14O3. The standard InChI is InChI=1S/C15H14O3/c1-9(16)12-8-15(17-10(12)2)14-7-11-5-3-4-6-13(11)18-14/h3-6,8,14H,7H2,1-2H3. The summed E-state index contributed by atoms with van der Waals surface area (Å²) in [7, 11) is 0. The second-order valence-corrected chi connectivity index (χ2v) is 4.59. The van der Waals surface area contributed by atoms with Crippen molar-refractivity contribution in [2.75, 3.05) is 0 Å². The van der Waals surface area contributed by atoms with Crippen LogP contribution in [0.25, 0.3) is 0 Å². The monoisotopic (exact) mass is 242 g/mol. The average molecular weight is 242 g/mol. The first-order valence-electron chi connectivity index (χ1n) is 6.01. The van der Waals surface area contributed by atoms with E-state index in [0.717, 1.165) is 17.9 Å². The SMILES string of the molecule is CC(=O)c1cc(C2Cc3ccccc3O2)oc1C. The summed E-state index contributed by atoms with van der Waals surface area (Å²) in [5.41, 5.74) is 1.82. The molecule has 1 unspecified atom stereocenters. The molecule has 0 saturated carbocycles. The van der Waals surface area contributed by atoms with Crippen molar-refractivity contribution in [3.05, 3.63) is 53.0 Å². The molecule has 2 aromatic rings. The third-order valence-electron chi connectivity index (χ3n) is 3.28. The van der Waals surface area contributed by atoms with Crippen molar-refractivity contribution in [1.82, 2.24) is 0 Å². The van der Waals surface area contributed by atoms with Crippen LogP contribution in [0.5, 0.6) is 5.75 Å². The summed E-state index contributed by atoms with van der Waals surface area (Å²) < 4.78 is 11.5. The van der Waals surface area contributed by atoms with E-state index in [2.05, 4.69) is 6.07 Å². The number of carbonyl (C=O) groups is 1. The van der Waals surface area contributed by atoms with Crippen molar-refractivity contribution in [2.45, 2.75) is 26.4 Å². The summed E-state index contributed by atoms with van der Waals surface area (Å²) in [5, 5.41) is 0. The maximum Gasteiger partial charge on any atom is 0.163 e. The molecule has 0 bridgehead atoms. The van der Waals surface area contributed by atoms with Crippen LogP contribution in [0.4, 0.5) is 0 Å². The Hall–Kier alpha value is -2.03. The molecule has 2 heterocycles. The Morgan fingerprint density at radius 1 is 1.33 bits per heavy atom. The molecule has 0 saturated heterocycles. The molecule has 1 aliphatic rings. The van der Waals surface area contributed by atoms with Crippen LogP contribution < -0.4 is 4.74 Å². The normalized spacial score (nSPS) is 17.3. The van der Waals surface area contributed by atoms with Crippen LogP contribution >= 0.6 is 0 Å². The molecular weight excluding hydrogens is 228 g/mol. The average Bonchev–Trinajstić information content (AvgIpc) is 2.91. The number of carbonyl (C=O) groups excluding carboxylic acids is 1. The van der Waals surface area contributed by atoms with Gasteiger partial charge in [0, 0.05) is 6.42 Å². The van der Waals surface area contributed by atoms with Crippen LogP contribution in [0.3, 0.4) is 0 Å². The largest absolute Gasteiger partial charge is 0.482 e. The minimum absolute atomic E-state index is 0.0259. The van der Waals surface area contributed by atoms with Gasteiger partial charge in [0.25, 0.3) is 0 Å². The van der Waals surface area contributed by atoms with Gasteiger partial charge >= 0.3 is 0 Å². The van der Waals surface area contributed by atoms with Gasteiger partial charge in [0.15, 0.2) is 11.9 Å². The van der Waals surface area contributed by atoms with Crippen LogP contribution in [0.2, 0.25) is 0 Å². The van der Waals surface area contributed by atoms with Crippen molar-refractivity contribution in [3.63, 3.8) is 0 Å². The zero-order chi connectivity index (χ0) is 12.7. The summed E-state index contributed by atoms with van der Waals surface area (Å²) in [6, 6.07) is 9.76. The number of benzene rings is 1. The van der Waals surface area contributed by atoms with Gasteiger partial charge in [-0.1, -0.05) is 18.2 Å². The van der Waals surface area contributed by atoms with Gasteiger partial charge in [-0.25, -0.2) is 0 Å². The molecule has 1 aromatic carbocycles. The van der Waals surface area contributed by atoms with Gasteiger partial charge in [0.1, 0.15) is 17.3 Å². The fourth-order valence-corrected chi connectivity index (χ4v) is 2.35. The molecule has 0 fully saturated rings. The number of Topliss-reactive ketones (excluding diaryl/α,β-unsaturated/α-hetero) is 1. The summed E-state index contributed by atoms with van der Waals surface area (Å²) in [6.07, 6.45) is 0.676. The van der Waals surface area contributed by atoms with Crippen molar-refractivity contribution in [3.8, 4) is 5.75 Å². The number of furan rings is 1. The second kappa shape index (κ2) is 4.02. The predicted octanol–water partition coefficient (Wildman–Crippen LogP) is 3.47. The van der Waals surface area contributed by atoms with Gasteiger partial charge in [-0.2, -0.15) is 0 Å². The van der Waals surface area contributed by atoms with Gasteiger partial charge in [-0.05, 0) is 31.5 Å². The third kappa shape index (κ3) is 1.72. The molecule has 3 nitrogen and oxygen atoms in total. The molecule has 1 aliphatic heterocycles. The lowest BCUT2D eigenvalue weighted by Crippen LogP contribution is -2.01. The van der Waals surface area contributed by atoms with E-state index < -0.39 is 0 Å². The molecule has 0 radical (unpaired) electrons. The minimum atomic E-state index is -0.116. The van der Waals surface area contributed by atoms with Crippen LogP contribution in [0.1, 0.15) is 40.5 Å². The third-order valence-corrected chi connectivity index (χ3v) is 3.28. The highest BCUT2D eigenvalue weighted by Crippen LogP contribution is 2.37. The first kappa shape index (κ1) is 11.1. The van der Waals surface area contributed by atoms with Gasteiger partial charge in [-0.3, -0.25) is 4.79 Å². The van der Waals surface area contributed by atoms with E-state index in [0.29, 0.717) is 11.3 Å². The number of rotatable bonds is 2. The van der Waals surface area contributed by atoms with E-state index in [-0.39, 0.29) is 11.9 Å². The van der Waals surface area contributed by atoms with E-state index in [4.69, 9.17) is 9.15 Å². The summed E-state index contributed by atoms with van der Waals surface area (Å²) in [6.45, 7) is 3.36. The first-order chi connectivity index (χ1) is 8.65. The zero-order valence-electron chi connectivity index (χ0n) is 10.4. The Kier molecular flexibility index (Phi) is 2.47. The highest BCUT2D eigenvalue weighted by Gasteiger charge is 2.27. The lowest BCUT2D eigenvalue weighted by molar-refractivity contribution is 0.101. The highest BCUT2D eigenvalue weighted by molar-refractivity contribution is 5.95. The van der Waals surface area contributed by atoms with E-state index in [1.165, 1.54) is 5.56 Å². The lowest BCUT2D eigenvalue weighted by atomic mass is 10.1. The Balaban J connectivity index is 1.91. The fourth-order valence-electron chi connectivity index (χ4n) is 2.35. The fraction of sp³-hybridized carbons (Fsp3) is 0.267. The van der Waals surface area contributed by atoms with Gasteiger partial charge < -0.3 is 9.15 Å². The van der Waals surface area contributed by atoms with Crippen molar-refractivity contribution >= 4 is 5.78 Å². The van der Waals surface area contributed by atoms with E-state index >= 15 is 0 Å². The Bertz CT molecular complexity index is 585. The number of hydrogen-bond acceptors (Lipinski definition) is 3. The van der Waals surface area contributed by atoms with Crippen molar-refractivity contribution < 1.29 is 13.9 Å². The number of fused-ring (bicyclic) bond motifs is 1. The zero-order valence-corrected chi connectivity index (χ0v) is 10.4. The molecule has 0 N–H and O–H groups in total. The highest BCUT2D eigenvalue weighted by atomic mass is 16.5. The summed E-state index contributed by atoms with van der Waals surface area (Å²) >= 11 is 0. The number of ether oxygens (including phenoxy) is 1. The van der Waals surface area contributed by atoms with E-state index in [1.807, 2.05) is 25.1 Å². The quantitative estimate of drug-likeness (QED) is 0.757. The molecule has 0 amide bonds. The minimum Gasteiger partial charge on any atom is -0.482 e. The predicted molar refractivity (Wildman–Crippen MR) is 67.0 cm³/mol. The Labute approximate surface area is 105 Å². The van der Waals surface area contributed by atoms with Crippen LogP contribution in [-0.4, -0.2) is 5.78 Å². The molecule has 92 valence electrons. The molecule has 3 rings (SSSR count). The Morgan fingerprint density at radius 3 is 2.78 bits per heavy atom. The van der Waals surface area contributed by atoms with Crippen molar-refractivity contribution in [1.29, 1.82) is 0 Å². The Morgan fingerprint density at radius 2 is 2.11 bits per heavy atom. The van der Waals surface area contributed by atoms with Crippen LogP contribution in [0.15, 0.2) is 34.7 Å². The second-order valence-electron chi connectivity index (χ2n) is 4.59. The molecule has 0 spiro atoms. The van der Waals surface area contributed by atoms with E-state index in [1.54, 1.807) is 13.0 Å². The van der Waals surface area contributed by atoms with Gasteiger partial charge in [0.05, 0.1) is 5.56 Å². The van der Waals surface area contributed by atoms with Crippen molar-refractivity contribution in [2.24, 2.45) is 0 Å². The number of ketones is 1. The molecule has 1 aromatic heterocycles. The molecule has 3 heteroatoms. The van der Waals surface area contributed by atoms with Gasteiger partial charge in [0.2, 0.25) is 0 Å². The summed E-state index contributed by atoms with van der Waals surface area (Å²) in [4.78, 5) is 11.4. The molecule has 18 heavy (non-hydrogen) atoms. The van der Waals surface area contributed by atoms with E-state index in [9.17, 15) is 4.79 Å². The first-order valence-corrected chi connectivity index (χ1v) is 6.01. The van der Waals surface area contributed by atoms with Crippen LogP contribution in [0, 0.1) is 6.92 Å². The van der Waals surface area contributed by atoms with Gasteiger partial charge in [-0.15, -0.1) is 0 Å². The smallest absolute Gasteiger partial charge is 0.163 e. The topological polar surface area (TPSA) is 39.4 Å². The molecule has 0 aliphatic carbocycles.